The van der Waals surface area contributed by atoms with Crippen LogP contribution in [0.4, 0.5) is 0 Å². The number of piperazine rings is 1. The van der Waals surface area contributed by atoms with Gasteiger partial charge in [-0.05, 0) is 24.7 Å². The summed E-state index contributed by atoms with van der Waals surface area (Å²) in [6.45, 7) is 6.35. The summed E-state index contributed by atoms with van der Waals surface area (Å²) in [7, 11) is 1.98. The maximum Gasteiger partial charge on any atom is 0.226 e. The number of carbonyl (C=O) groups is 1. The molecular formula is C14H25N3O. The van der Waals surface area contributed by atoms with Gasteiger partial charge in [0.2, 0.25) is 5.91 Å². The molecule has 0 bridgehead atoms. The lowest BCUT2D eigenvalue weighted by molar-refractivity contribution is -0.132. The summed E-state index contributed by atoms with van der Waals surface area (Å²) >= 11 is 0. The average molecular weight is 251 g/mol. The number of likely N-dealkylation sites (N-methyl/N-ethyl adjacent to an activating group) is 1. The van der Waals surface area contributed by atoms with Crippen molar-refractivity contribution in [2.45, 2.75) is 19.3 Å². The van der Waals surface area contributed by atoms with Gasteiger partial charge in [-0.1, -0.05) is 6.42 Å². The third-order valence-electron chi connectivity index (χ3n) is 5.03. The molecule has 2 saturated carbocycles. The van der Waals surface area contributed by atoms with Gasteiger partial charge in [0.25, 0.3) is 0 Å². The van der Waals surface area contributed by atoms with E-state index in [9.17, 15) is 4.79 Å². The van der Waals surface area contributed by atoms with Gasteiger partial charge in [-0.2, -0.15) is 0 Å². The molecule has 1 amide bonds. The van der Waals surface area contributed by atoms with Crippen LogP contribution in [0.2, 0.25) is 0 Å². The van der Waals surface area contributed by atoms with Crippen LogP contribution in [0.1, 0.15) is 19.3 Å². The molecular weight excluding hydrogens is 226 g/mol. The minimum Gasteiger partial charge on any atom is -0.344 e. The second kappa shape index (κ2) is 5.17. The third-order valence-corrected chi connectivity index (χ3v) is 5.03. The summed E-state index contributed by atoms with van der Waals surface area (Å²) in [6.07, 6.45) is 3.95. The van der Waals surface area contributed by atoms with Crippen LogP contribution in [0.3, 0.4) is 0 Å². The number of nitrogens with zero attached hydrogens (tertiary/aromatic N) is 2. The maximum absolute atomic E-state index is 12.3. The minimum atomic E-state index is 0.395. The maximum atomic E-state index is 12.3. The molecule has 0 spiro atoms. The molecule has 0 aromatic heterocycles. The van der Waals surface area contributed by atoms with E-state index in [0.29, 0.717) is 11.8 Å². The smallest absolute Gasteiger partial charge is 0.226 e. The fraction of sp³-hybridized carbons (Fsp3) is 0.929. The van der Waals surface area contributed by atoms with Gasteiger partial charge >= 0.3 is 0 Å². The second-order valence-electron chi connectivity index (χ2n) is 6.14. The Hall–Kier alpha value is -0.610. The molecule has 3 rings (SSSR count). The van der Waals surface area contributed by atoms with Crippen LogP contribution in [0.5, 0.6) is 0 Å². The molecule has 2 atom stereocenters. The van der Waals surface area contributed by atoms with Gasteiger partial charge in [0.15, 0.2) is 0 Å². The van der Waals surface area contributed by atoms with E-state index in [0.717, 1.165) is 51.1 Å². The highest BCUT2D eigenvalue weighted by molar-refractivity contribution is 5.82. The largest absolute Gasteiger partial charge is 0.344 e. The summed E-state index contributed by atoms with van der Waals surface area (Å²) < 4.78 is 0. The van der Waals surface area contributed by atoms with Crippen molar-refractivity contribution >= 4 is 5.91 Å². The summed E-state index contributed by atoms with van der Waals surface area (Å²) in [5.74, 6) is 2.31. The summed E-state index contributed by atoms with van der Waals surface area (Å²) in [5, 5.41) is 3.36. The molecule has 1 aliphatic heterocycles. The zero-order valence-corrected chi connectivity index (χ0v) is 11.4. The molecule has 0 radical (unpaired) electrons. The van der Waals surface area contributed by atoms with E-state index in [1.54, 1.807) is 0 Å². The Bertz CT molecular complexity index is 304. The highest BCUT2D eigenvalue weighted by Crippen LogP contribution is 2.57. The molecule has 0 aromatic rings. The van der Waals surface area contributed by atoms with Gasteiger partial charge < -0.3 is 10.2 Å². The second-order valence-corrected chi connectivity index (χ2v) is 6.14. The minimum absolute atomic E-state index is 0.395. The fourth-order valence-corrected chi connectivity index (χ4v) is 3.78. The highest BCUT2D eigenvalue weighted by Gasteiger charge is 2.57. The van der Waals surface area contributed by atoms with E-state index >= 15 is 0 Å². The predicted molar refractivity (Wildman–Crippen MR) is 71.3 cm³/mol. The molecule has 2 unspecified atom stereocenters. The summed E-state index contributed by atoms with van der Waals surface area (Å²) in [6, 6.07) is 0. The molecule has 1 saturated heterocycles. The van der Waals surface area contributed by atoms with Crippen LogP contribution in [0.25, 0.3) is 0 Å². The number of rotatable bonds is 4. The number of nitrogens with one attached hydrogen (secondary N) is 1. The quantitative estimate of drug-likeness (QED) is 0.785. The molecule has 2 aliphatic carbocycles. The van der Waals surface area contributed by atoms with Crippen molar-refractivity contribution < 1.29 is 4.79 Å². The van der Waals surface area contributed by atoms with E-state index in [-0.39, 0.29) is 0 Å². The van der Waals surface area contributed by atoms with Gasteiger partial charge in [-0.15, -0.1) is 0 Å². The number of fused-ring (bicyclic) bond motifs is 1. The normalized spacial score (nSPS) is 35.3. The third kappa shape index (κ3) is 2.41. The Balaban J connectivity index is 1.41. The molecule has 1 heterocycles. The van der Waals surface area contributed by atoms with E-state index in [2.05, 4.69) is 10.2 Å². The first kappa shape index (κ1) is 12.4. The van der Waals surface area contributed by atoms with Crippen LogP contribution < -0.4 is 5.32 Å². The van der Waals surface area contributed by atoms with Crippen molar-refractivity contribution in [3.8, 4) is 0 Å². The standard InChI is InChI=1S/C14H25N3O/c1-16(9-10-17-7-5-15-6-8-17)14(18)13-11-3-2-4-12(11)13/h11-13,15H,2-10H2,1H3. The predicted octanol–water partition coefficient (Wildman–Crippen LogP) is 0.396. The Labute approximate surface area is 110 Å². The molecule has 4 heteroatoms. The Kier molecular flexibility index (Phi) is 3.57. The number of hydrogen-bond acceptors (Lipinski definition) is 3. The van der Waals surface area contributed by atoms with Crippen LogP contribution in [-0.4, -0.2) is 62.0 Å². The molecule has 102 valence electrons. The first-order valence-corrected chi connectivity index (χ1v) is 7.45. The number of hydrogen-bond donors (Lipinski definition) is 1. The highest BCUT2D eigenvalue weighted by atomic mass is 16.2. The topological polar surface area (TPSA) is 35.6 Å². The molecule has 1 N–H and O–H groups in total. The average Bonchev–Trinajstić information content (AvgIpc) is 2.88. The van der Waals surface area contributed by atoms with E-state index < -0.39 is 0 Å². The van der Waals surface area contributed by atoms with Crippen LogP contribution in [-0.2, 0) is 4.79 Å². The van der Waals surface area contributed by atoms with Crippen molar-refractivity contribution in [2.24, 2.45) is 17.8 Å². The van der Waals surface area contributed by atoms with Crippen LogP contribution in [0, 0.1) is 17.8 Å². The zero-order chi connectivity index (χ0) is 12.5. The fourth-order valence-electron chi connectivity index (χ4n) is 3.78. The molecule has 3 aliphatic rings. The summed E-state index contributed by atoms with van der Waals surface area (Å²) in [5.41, 5.74) is 0. The van der Waals surface area contributed by atoms with E-state index in [1.807, 2.05) is 11.9 Å². The first-order valence-electron chi connectivity index (χ1n) is 7.45. The molecule has 18 heavy (non-hydrogen) atoms. The lowest BCUT2D eigenvalue weighted by atomic mass is 10.1. The summed E-state index contributed by atoms with van der Waals surface area (Å²) in [4.78, 5) is 16.7. The van der Waals surface area contributed by atoms with E-state index in [1.165, 1.54) is 19.3 Å². The first-order chi connectivity index (χ1) is 8.77. The van der Waals surface area contributed by atoms with Crippen molar-refractivity contribution in [1.29, 1.82) is 0 Å². The van der Waals surface area contributed by atoms with Crippen molar-refractivity contribution in [1.82, 2.24) is 15.1 Å². The van der Waals surface area contributed by atoms with Gasteiger partial charge in [0.05, 0.1) is 0 Å². The lowest BCUT2D eigenvalue weighted by Crippen LogP contribution is -2.46. The zero-order valence-electron chi connectivity index (χ0n) is 11.4. The van der Waals surface area contributed by atoms with E-state index in [4.69, 9.17) is 0 Å². The van der Waals surface area contributed by atoms with Crippen molar-refractivity contribution in [3.63, 3.8) is 0 Å². The Morgan fingerprint density at radius 2 is 1.94 bits per heavy atom. The van der Waals surface area contributed by atoms with Gasteiger partial charge in [0, 0.05) is 52.2 Å². The molecule has 3 fully saturated rings. The lowest BCUT2D eigenvalue weighted by Gasteiger charge is -2.29. The van der Waals surface area contributed by atoms with Crippen molar-refractivity contribution in [2.75, 3.05) is 46.3 Å². The Morgan fingerprint density at radius 3 is 2.61 bits per heavy atom. The molecule has 0 aromatic carbocycles. The monoisotopic (exact) mass is 251 g/mol. The number of amides is 1. The van der Waals surface area contributed by atoms with Gasteiger partial charge in [-0.25, -0.2) is 0 Å². The van der Waals surface area contributed by atoms with Crippen LogP contribution in [0.15, 0.2) is 0 Å². The van der Waals surface area contributed by atoms with Gasteiger partial charge in [0.1, 0.15) is 0 Å². The van der Waals surface area contributed by atoms with Gasteiger partial charge in [-0.3, -0.25) is 9.69 Å². The SMILES string of the molecule is CN(CCN1CCNCC1)C(=O)C1C2CCCC21. The Morgan fingerprint density at radius 1 is 1.28 bits per heavy atom. The van der Waals surface area contributed by atoms with Crippen LogP contribution >= 0.6 is 0 Å². The van der Waals surface area contributed by atoms with Crippen molar-refractivity contribution in [3.05, 3.63) is 0 Å². The molecule has 4 nitrogen and oxygen atoms in total. The number of carbonyl (C=O) groups excluding carboxylic acids is 1.